The van der Waals surface area contributed by atoms with Crippen LogP contribution < -0.4 is 0 Å². The Hall–Kier alpha value is -1.67. The highest BCUT2D eigenvalue weighted by Gasteiger charge is 2.43. The Balaban J connectivity index is 2.71. The van der Waals surface area contributed by atoms with Crippen molar-refractivity contribution in [1.29, 1.82) is 0 Å². The third kappa shape index (κ3) is 5.68. The molecule has 0 aromatic heterocycles. The van der Waals surface area contributed by atoms with Gasteiger partial charge in [0.2, 0.25) is 0 Å². The van der Waals surface area contributed by atoms with E-state index in [2.05, 4.69) is 0 Å². The van der Waals surface area contributed by atoms with E-state index in [4.69, 9.17) is 23.7 Å². The van der Waals surface area contributed by atoms with E-state index in [1.807, 2.05) is 0 Å². The van der Waals surface area contributed by atoms with Crippen LogP contribution in [0.25, 0.3) is 0 Å². The second kappa shape index (κ2) is 7.94. The van der Waals surface area contributed by atoms with Gasteiger partial charge in [-0.25, -0.2) is 0 Å². The van der Waals surface area contributed by atoms with Gasteiger partial charge in [-0.05, 0) is 0 Å². The molecule has 1 saturated heterocycles. The molecule has 0 unspecified atom stereocenters. The largest absolute Gasteiger partial charge is 0.462 e. The van der Waals surface area contributed by atoms with Crippen molar-refractivity contribution in [2.75, 3.05) is 13.7 Å². The van der Waals surface area contributed by atoms with Gasteiger partial charge in [0, 0.05) is 34.3 Å². The van der Waals surface area contributed by atoms with Crippen LogP contribution in [0, 0.1) is 0 Å². The van der Waals surface area contributed by atoms with Crippen LogP contribution in [0.1, 0.15) is 27.2 Å². The Morgan fingerprint density at radius 2 is 1.81 bits per heavy atom. The van der Waals surface area contributed by atoms with Gasteiger partial charge < -0.3 is 23.7 Å². The minimum Gasteiger partial charge on any atom is -0.462 e. The molecule has 1 aliphatic rings. The van der Waals surface area contributed by atoms with Crippen molar-refractivity contribution in [3.63, 3.8) is 0 Å². The first-order valence-corrected chi connectivity index (χ1v) is 6.49. The van der Waals surface area contributed by atoms with E-state index in [1.54, 1.807) is 0 Å². The van der Waals surface area contributed by atoms with Crippen molar-refractivity contribution in [2.24, 2.45) is 0 Å². The lowest BCUT2D eigenvalue weighted by Crippen LogP contribution is -2.36. The molecule has 0 aliphatic carbocycles. The summed E-state index contributed by atoms with van der Waals surface area (Å²) in [6, 6.07) is 0. The van der Waals surface area contributed by atoms with Gasteiger partial charge >= 0.3 is 17.9 Å². The average Bonchev–Trinajstić information content (AvgIpc) is 2.75. The van der Waals surface area contributed by atoms with E-state index in [-0.39, 0.29) is 13.0 Å². The molecule has 0 saturated carbocycles. The Morgan fingerprint density at radius 3 is 2.29 bits per heavy atom. The van der Waals surface area contributed by atoms with Gasteiger partial charge in [0.15, 0.2) is 18.5 Å². The van der Waals surface area contributed by atoms with Crippen molar-refractivity contribution < 1.29 is 38.1 Å². The van der Waals surface area contributed by atoms with Crippen LogP contribution in [-0.4, -0.2) is 56.2 Å². The van der Waals surface area contributed by atoms with Crippen LogP contribution in [0.2, 0.25) is 0 Å². The molecular formula is C13H20O8. The quantitative estimate of drug-likeness (QED) is 0.506. The Kier molecular flexibility index (Phi) is 6.57. The average molecular weight is 304 g/mol. The summed E-state index contributed by atoms with van der Waals surface area (Å²) in [6.07, 6.45) is -2.47. The number of hydrogen-bond donors (Lipinski definition) is 0. The Labute approximate surface area is 122 Å². The van der Waals surface area contributed by atoms with Crippen LogP contribution in [0.15, 0.2) is 0 Å². The molecular weight excluding hydrogens is 284 g/mol. The van der Waals surface area contributed by atoms with E-state index in [9.17, 15) is 14.4 Å². The lowest BCUT2D eigenvalue weighted by molar-refractivity contribution is -0.191. The molecule has 0 bridgehead atoms. The Morgan fingerprint density at radius 1 is 1.14 bits per heavy atom. The summed E-state index contributed by atoms with van der Waals surface area (Å²) in [7, 11) is 1.41. The number of carbonyl (C=O) groups is 3. The van der Waals surface area contributed by atoms with Gasteiger partial charge in [-0.1, -0.05) is 0 Å². The van der Waals surface area contributed by atoms with Crippen LogP contribution in [0.5, 0.6) is 0 Å². The van der Waals surface area contributed by atoms with E-state index in [1.165, 1.54) is 27.9 Å². The standard InChI is InChI=1S/C13H20O8/c1-7(14)18-6-12(20-9(3)16)10-5-11(19-8(2)15)13(17-4)21-10/h10-13H,5-6H2,1-4H3/t10-,11-,12-,13-/m0/s1. The summed E-state index contributed by atoms with van der Waals surface area (Å²) in [4.78, 5) is 33.1. The topological polar surface area (TPSA) is 97.4 Å². The highest BCUT2D eigenvalue weighted by molar-refractivity contribution is 5.67. The van der Waals surface area contributed by atoms with Crippen molar-refractivity contribution in [1.82, 2.24) is 0 Å². The number of hydrogen-bond acceptors (Lipinski definition) is 8. The maximum Gasteiger partial charge on any atom is 0.303 e. The fourth-order valence-corrected chi connectivity index (χ4v) is 2.05. The zero-order chi connectivity index (χ0) is 16.0. The van der Waals surface area contributed by atoms with E-state index in [0.717, 1.165) is 0 Å². The predicted molar refractivity (Wildman–Crippen MR) is 68.0 cm³/mol. The minimum absolute atomic E-state index is 0.136. The molecule has 1 fully saturated rings. The van der Waals surface area contributed by atoms with E-state index in [0.29, 0.717) is 0 Å². The normalized spacial score (nSPS) is 26.0. The van der Waals surface area contributed by atoms with Crippen LogP contribution in [0.4, 0.5) is 0 Å². The molecule has 0 aromatic rings. The molecule has 8 nitrogen and oxygen atoms in total. The third-order valence-electron chi connectivity index (χ3n) is 2.81. The van der Waals surface area contributed by atoms with Gasteiger partial charge in [0.1, 0.15) is 12.7 Å². The second-order valence-electron chi connectivity index (χ2n) is 4.61. The summed E-state index contributed by atoms with van der Waals surface area (Å²) in [5, 5.41) is 0. The van der Waals surface area contributed by atoms with Gasteiger partial charge in [0.05, 0.1) is 0 Å². The van der Waals surface area contributed by atoms with Crippen molar-refractivity contribution in [3.8, 4) is 0 Å². The molecule has 0 N–H and O–H groups in total. The number of methoxy groups -OCH3 is 1. The minimum atomic E-state index is -0.787. The number of ether oxygens (including phenoxy) is 5. The van der Waals surface area contributed by atoms with E-state index >= 15 is 0 Å². The molecule has 120 valence electrons. The maximum absolute atomic E-state index is 11.1. The lowest BCUT2D eigenvalue weighted by Gasteiger charge is -2.22. The molecule has 0 radical (unpaired) electrons. The van der Waals surface area contributed by atoms with Crippen LogP contribution >= 0.6 is 0 Å². The Bertz CT molecular complexity index is 394. The van der Waals surface area contributed by atoms with E-state index < -0.39 is 42.5 Å². The zero-order valence-electron chi connectivity index (χ0n) is 12.5. The summed E-state index contributed by atoms with van der Waals surface area (Å²) >= 11 is 0. The highest BCUT2D eigenvalue weighted by Crippen LogP contribution is 2.27. The smallest absolute Gasteiger partial charge is 0.303 e. The number of carbonyl (C=O) groups excluding carboxylic acids is 3. The predicted octanol–water partition coefficient (Wildman–Crippen LogP) is 0.174. The fourth-order valence-electron chi connectivity index (χ4n) is 2.05. The first-order chi connectivity index (χ1) is 9.83. The molecule has 1 rings (SSSR count). The van der Waals surface area contributed by atoms with Gasteiger partial charge in [-0.15, -0.1) is 0 Å². The highest BCUT2D eigenvalue weighted by atomic mass is 16.7. The molecule has 8 heteroatoms. The SMILES string of the molecule is CO[C@H]1O[C@H]([C@H](COC(C)=O)OC(C)=O)C[C@@H]1OC(C)=O. The fraction of sp³-hybridized carbons (Fsp3) is 0.769. The summed E-state index contributed by atoms with van der Waals surface area (Å²) in [5.41, 5.74) is 0. The molecule has 1 aliphatic heterocycles. The van der Waals surface area contributed by atoms with Gasteiger partial charge in [-0.3, -0.25) is 14.4 Å². The zero-order valence-corrected chi connectivity index (χ0v) is 12.5. The van der Waals surface area contributed by atoms with Crippen molar-refractivity contribution in [3.05, 3.63) is 0 Å². The first kappa shape index (κ1) is 17.4. The molecule has 21 heavy (non-hydrogen) atoms. The molecule has 1 heterocycles. The van der Waals surface area contributed by atoms with Crippen LogP contribution in [-0.2, 0) is 38.1 Å². The lowest BCUT2D eigenvalue weighted by atomic mass is 10.1. The monoisotopic (exact) mass is 304 g/mol. The van der Waals surface area contributed by atoms with Crippen LogP contribution in [0.3, 0.4) is 0 Å². The van der Waals surface area contributed by atoms with Gasteiger partial charge in [0.25, 0.3) is 0 Å². The summed E-state index contributed by atoms with van der Waals surface area (Å²) in [6.45, 7) is 3.64. The van der Waals surface area contributed by atoms with Crippen molar-refractivity contribution >= 4 is 17.9 Å². The number of rotatable bonds is 6. The summed E-state index contributed by atoms with van der Waals surface area (Å²) in [5.74, 6) is -1.49. The number of esters is 3. The van der Waals surface area contributed by atoms with Crippen molar-refractivity contribution in [2.45, 2.75) is 51.8 Å². The first-order valence-electron chi connectivity index (χ1n) is 6.49. The molecule has 4 atom stereocenters. The molecule has 0 aromatic carbocycles. The summed E-state index contributed by atoms with van der Waals surface area (Å²) < 4.78 is 25.7. The third-order valence-corrected chi connectivity index (χ3v) is 2.81. The molecule has 0 spiro atoms. The second-order valence-corrected chi connectivity index (χ2v) is 4.61. The molecule has 0 amide bonds. The maximum atomic E-state index is 11.1. The van der Waals surface area contributed by atoms with Gasteiger partial charge in [-0.2, -0.15) is 0 Å².